The second-order valence-electron chi connectivity index (χ2n) is 5.71. The molecular formula is C19H14ClF3N4O2. The number of hydrogen-bond donors (Lipinski definition) is 3. The largest absolute Gasteiger partial charge is 0.456 e. The second-order valence-corrected chi connectivity index (χ2v) is 6.12. The van der Waals surface area contributed by atoms with Gasteiger partial charge in [-0.15, -0.1) is 0 Å². The summed E-state index contributed by atoms with van der Waals surface area (Å²) in [7, 11) is 0. The molecule has 0 aliphatic heterocycles. The van der Waals surface area contributed by atoms with Crippen LogP contribution >= 0.6 is 11.6 Å². The maximum atomic E-state index is 12.9. The summed E-state index contributed by atoms with van der Waals surface area (Å²) in [6.07, 6.45) is -1.42. The number of ether oxygens (including phenoxy) is 1. The van der Waals surface area contributed by atoms with E-state index in [-0.39, 0.29) is 5.69 Å². The molecule has 2 amide bonds. The molecule has 0 unspecified atom stereocenters. The van der Waals surface area contributed by atoms with Crippen LogP contribution in [0.1, 0.15) is 5.56 Å². The molecule has 3 aromatic rings. The number of aromatic nitrogens is 1. The number of carbonyl (C=O) groups excluding carboxylic acids is 1. The van der Waals surface area contributed by atoms with Gasteiger partial charge in [0.1, 0.15) is 11.5 Å². The first-order valence-electron chi connectivity index (χ1n) is 8.19. The van der Waals surface area contributed by atoms with Crippen LogP contribution in [0.3, 0.4) is 0 Å². The van der Waals surface area contributed by atoms with Gasteiger partial charge in [-0.25, -0.2) is 4.79 Å². The van der Waals surface area contributed by atoms with Gasteiger partial charge in [0.05, 0.1) is 22.5 Å². The van der Waals surface area contributed by atoms with E-state index in [0.717, 1.165) is 12.1 Å². The highest BCUT2D eigenvalue weighted by Gasteiger charge is 2.33. The third-order valence-corrected chi connectivity index (χ3v) is 3.90. The second kappa shape index (κ2) is 8.70. The van der Waals surface area contributed by atoms with Gasteiger partial charge in [0.25, 0.3) is 0 Å². The van der Waals surface area contributed by atoms with Crippen LogP contribution in [0.2, 0.25) is 5.02 Å². The highest BCUT2D eigenvalue weighted by atomic mass is 35.5. The molecule has 10 heteroatoms. The number of hydrazine groups is 1. The number of hydrogen-bond acceptors (Lipinski definition) is 4. The lowest BCUT2D eigenvalue weighted by Crippen LogP contribution is -2.33. The third kappa shape index (κ3) is 5.76. The van der Waals surface area contributed by atoms with Crippen molar-refractivity contribution in [3.8, 4) is 11.5 Å². The first kappa shape index (κ1) is 20.3. The van der Waals surface area contributed by atoms with Crippen molar-refractivity contribution in [3.05, 3.63) is 77.6 Å². The normalized spacial score (nSPS) is 10.9. The van der Waals surface area contributed by atoms with E-state index in [1.807, 2.05) is 0 Å². The molecule has 1 aromatic heterocycles. The number of rotatable bonds is 5. The molecule has 0 aliphatic rings. The molecule has 150 valence electrons. The van der Waals surface area contributed by atoms with Gasteiger partial charge in [0.2, 0.25) is 0 Å². The molecule has 29 heavy (non-hydrogen) atoms. The summed E-state index contributed by atoms with van der Waals surface area (Å²) in [4.78, 5) is 15.9. The fraction of sp³-hybridized carbons (Fsp3) is 0.0526. The Kier molecular flexibility index (Phi) is 6.08. The molecule has 1 heterocycles. The maximum absolute atomic E-state index is 12.9. The van der Waals surface area contributed by atoms with Gasteiger partial charge >= 0.3 is 12.2 Å². The molecule has 2 aromatic carbocycles. The average Bonchev–Trinajstić information content (AvgIpc) is 2.69. The molecule has 0 bridgehead atoms. The van der Waals surface area contributed by atoms with E-state index in [1.165, 1.54) is 6.07 Å². The Morgan fingerprint density at radius 3 is 2.38 bits per heavy atom. The van der Waals surface area contributed by atoms with Crippen molar-refractivity contribution in [2.45, 2.75) is 6.18 Å². The zero-order valence-electron chi connectivity index (χ0n) is 14.6. The highest BCUT2D eigenvalue weighted by Crippen LogP contribution is 2.36. The Balaban J connectivity index is 1.54. The maximum Gasteiger partial charge on any atom is 0.417 e. The SMILES string of the molecule is O=C(NNc1ccc(Oc2cccnc2)cc1)Nc1ccc(Cl)c(C(F)(F)F)c1. The number of urea groups is 1. The van der Waals surface area contributed by atoms with Crippen LogP contribution in [0.5, 0.6) is 11.5 Å². The predicted octanol–water partition coefficient (Wildman–Crippen LogP) is 5.69. The molecule has 0 atom stereocenters. The van der Waals surface area contributed by atoms with E-state index in [1.54, 1.807) is 48.8 Å². The molecule has 0 aliphatic carbocycles. The van der Waals surface area contributed by atoms with Gasteiger partial charge in [-0.05, 0) is 54.6 Å². The van der Waals surface area contributed by atoms with Crippen molar-refractivity contribution in [2.75, 3.05) is 10.7 Å². The number of carbonyl (C=O) groups is 1. The minimum absolute atomic E-state index is 0.0544. The van der Waals surface area contributed by atoms with Gasteiger partial charge in [-0.3, -0.25) is 15.8 Å². The third-order valence-electron chi connectivity index (χ3n) is 3.57. The predicted molar refractivity (Wildman–Crippen MR) is 103 cm³/mol. The number of anilines is 2. The molecule has 3 rings (SSSR count). The number of nitrogens with zero attached hydrogens (tertiary/aromatic N) is 1. The van der Waals surface area contributed by atoms with E-state index in [4.69, 9.17) is 16.3 Å². The van der Waals surface area contributed by atoms with Gasteiger partial charge in [0.15, 0.2) is 0 Å². The lowest BCUT2D eigenvalue weighted by atomic mass is 10.2. The topological polar surface area (TPSA) is 75.3 Å². The van der Waals surface area contributed by atoms with Crippen LogP contribution in [-0.2, 0) is 6.18 Å². The summed E-state index contributed by atoms with van der Waals surface area (Å²) in [6, 6.07) is 12.5. The van der Waals surface area contributed by atoms with E-state index in [0.29, 0.717) is 17.2 Å². The number of nitrogens with one attached hydrogen (secondary N) is 3. The van der Waals surface area contributed by atoms with Gasteiger partial charge in [-0.2, -0.15) is 13.2 Å². The minimum Gasteiger partial charge on any atom is -0.456 e. The van der Waals surface area contributed by atoms with Gasteiger partial charge in [0, 0.05) is 11.9 Å². The van der Waals surface area contributed by atoms with Crippen molar-refractivity contribution in [1.82, 2.24) is 10.4 Å². The molecule has 0 saturated carbocycles. The van der Waals surface area contributed by atoms with Crippen LogP contribution < -0.4 is 20.9 Å². The van der Waals surface area contributed by atoms with Crippen LogP contribution in [0.4, 0.5) is 29.3 Å². The number of alkyl halides is 3. The first-order valence-corrected chi connectivity index (χ1v) is 8.57. The van der Waals surface area contributed by atoms with E-state index in [9.17, 15) is 18.0 Å². The fourth-order valence-electron chi connectivity index (χ4n) is 2.26. The van der Waals surface area contributed by atoms with Gasteiger partial charge in [-0.1, -0.05) is 11.6 Å². The molecule has 3 N–H and O–H groups in total. The quantitative estimate of drug-likeness (QED) is 0.461. The molecule has 0 saturated heterocycles. The molecular weight excluding hydrogens is 409 g/mol. The Morgan fingerprint density at radius 2 is 1.72 bits per heavy atom. The van der Waals surface area contributed by atoms with Crippen LogP contribution in [0.15, 0.2) is 67.0 Å². The zero-order valence-corrected chi connectivity index (χ0v) is 15.4. The lowest BCUT2D eigenvalue weighted by molar-refractivity contribution is -0.137. The number of amides is 2. The lowest BCUT2D eigenvalue weighted by Gasteiger charge is -2.13. The molecule has 0 fully saturated rings. The molecule has 6 nitrogen and oxygen atoms in total. The van der Waals surface area contributed by atoms with Crippen molar-refractivity contribution in [1.29, 1.82) is 0 Å². The summed E-state index contributed by atoms with van der Waals surface area (Å²) < 4.78 is 44.2. The summed E-state index contributed by atoms with van der Waals surface area (Å²) in [5.74, 6) is 1.14. The van der Waals surface area contributed by atoms with E-state index < -0.39 is 22.8 Å². The first-order chi connectivity index (χ1) is 13.8. The zero-order chi connectivity index (χ0) is 20.9. The molecule has 0 radical (unpaired) electrons. The van der Waals surface area contributed by atoms with Crippen molar-refractivity contribution >= 4 is 29.0 Å². The van der Waals surface area contributed by atoms with E-state index >= 15 is 0 Å². The van der Waals surface area contributed by atoms with Crippen LogP contribution in [0.25, 0.3) is 0 Å². The Labute approximate surface area is 168 Å². The van der Waals surface area contributed by atoms with Crippen molar-refractivity contribution in [2.24, 2.45) is 0 Å². The van der Waals surface area contributed by atoms with Crippen LogP contribution in [-0.4, -0.2) is 11.0 Å². The number of pyridine rings is 1. The standard InChI is InChI=1S/C19H14ClF3N4O2/c20-17-8-5-13(10-16(17)19(21,22)23)25-18(28)27-26-12-3-6-14(7-4-12)29-15-2-1-9-24-11-15/h1-11,26H,(H2,25,27,28). The monoisotopic (exact) mass is 422 g/mol. The van der Waals surface area contributed by atoms with E-state index in [2.05, 4.69) is 21.2 Å². The summed E-state index contributed by atoms with van der Waals surface area (Å²) in [5, 5.41) is 1.84. The number of benzene rings is 2. The van der Waals surface area contributed by atoms with Gasteiger partial charge < -0.3 is 10.1 Å². The molecule has 0 spiro atoms. The Bertz CT molecular complexity index is 983. The smallest absolute Gasteiger partial charge is 0.417 e. The van der Waals surface area contributed by atoms with Crippen molar-refractivity contribution in [3.63, 3.8) is 0 Å². The fourth-order valence-corrected chi connectivity index (χ4v) is 2.49. The summed E-state index contributed by atoms with van der Waals surface area (Å²) >= 11 is 5.55. The highest BCUT2D eigenvalue weighted by molar-refractivity contribution is 6.31. The van der Waals surface area contributed by atoms with Crippen molar-refractivity contribution < 1.29 is 22.7 Å². The Hall–Kier alpha value is -3.46. The Morgan fingerprint density at radius 1 is 1.00 bits per heavy atom. The minimum atomic E-state index is -4.62. The van der Waals surface area contributed by atoms with Crippen LogP contribution in [0, 0.1) is 0 Å². The number of halogens is 4. The summed E-state index contributed by atoms with van der Waals surface area (Å²) in [6.45, 7) is 0. The summed E-state index contributed by atoms with van der Waals surface area (Å²) in [5.41, 5.74) is 4.40. The average molecular weight is 423 g/mol.